The minimum atomic E-state index is -4.73. The largest absolute Gasteiger partial charge is 0.609 e. The third-order valence-corrected chi connectivity index (χ3v) is 3.56. The van der Waals surface area contributed by atoms with Crippen molar-refractivity contribution < 1.29 is 27.3 Å². The molecule has 2 rings (SSSR count). The number of halogens is 3. The molecule has 9 heteroatoms. The normalized spacial score (nSPS) is 12.8. The van der Waals surface area contributed by atoms with E-state index < -0.39 is 34.2 Å². The van der Waals surface area contributed by atoms with Crippen molar-refractivity contribution in [2.24, 2.45) is 0 Å². The standard InChI is InChI=1S/C14H11F3N2O3S/c1-22-12(20)9-6-4-3-5-8(9)10-7-11(14(15,16)17)19-13(18-10)23(2)21/h3-7H,1-2H3. The molecule has 1 aromatic carbocycles. The van der Waals surface area contributed by atoms with Crippen molar-refractivity contribution in [3.8, 4) is 11.3 Å². The molecule has 2 aromatic rings. The number of esters is 1. The van der Waals surface area contributed by atoms with Crippen LogP contribution in [-0.2, 0) is 22.1 Å². The summed E-state index contributed by atoms with van der Waals surface area (Å²) in [5.41, 5.74) is -1.19. The van der Waals surface area contributed by atoms with Crippen LogP contribution in [0.5, 0.6) is 0 Å². The van der Waals surface area contributed by atoms with Gasteiger partial charge in [-0.25, -0.2) is 4.79 Å². The topological polar surface area (TPSA) is 75.1 Å². The zero-order chi connectivity index (χ0) is 17.2. The first-order valence-electron chi connectivity index (χ1n) is 6.21. The Labute approximate surface area is 132 Å². The molecule has 1 heterocycles. The highest BCUT2D eigenvalue weighted by atomic mass is 32.2. The van der Waals surface area contributed by atoms with Crippen LogP contribution in [0.3, 0.4) is 0 Å². The van der Waals surface area contributed by atoms with E-state index in [1.54, 1.807) is 12.1 Å². The van der Waals surface area contributed by atoms with Crippen molar-refractivity contribution in [1.82, 2.24) is 9.97 Å². The number of aromatic nitrogens is 2. The first kappa shape index (κ1) is 17.2. The van der Waals surface area contributed by atoms with E-state index in [-0.39, 0.29) is 16.8 Å². The zero-order valence-electron chi connectivity index (χ0n) is 12.0. The van der Waals surface area contributed by atoms with Crippen molar-refractivity contribution in [3.63, 3.8) is 0 Å². The number of carbonyl (C=O) groups is 1. The lowest BCUT2D eigenvalue weighted by atomic mass is 10.0. The molecule has 122 valence electrons. The number of ether oxygens (including phenoxy) is 1. The van der Waals surface area contributed by atoms with Crippen LogP contribution in [0.1, 0.15) is 16.1 Å². The van der Waals surface area contributed by atoms with Gasteiger partial charge in [-0.3, -0.25) is 0 Å². The van der Waals surface area contributed by atoms with E-state index in [1.165, 1.54) is 18.4 Å². The number of hydrogen-bond donors (Lipinski definition) is 0. The van der Waals surface area contributed by atoms with E-state index in [1.807, 2.05) is 0 Å². The minimum Gasteiger partial charge on any atom is -0.609 e. The van der Waals surface area contributed by atoms with Crippen molar-refractivity contribution >= 4 is 17.1 Å². The van der Waals surface area contributed by atoms with Gasteiger partial charge in [0.2, 0.25) is 0 Å². The lowest BCUT2D eigenvalue weighted by molar-refractivity contribution is -0.141. The molecule has 0 N–H and O–H groups in total. The Kier molecular flexibility index (Phi) is 4.90. The summed E-state index contributed by atoms with van der Waals surface area (Å²) in [6.45, 7) is 0. The number of benzene rings is 1. The van der Waals surface area contributed by atoms with Gasteiger partial charge in [0.05, 0.1) is 18.4 Å². The molecule has 1 unspecified atom stereocenters. The highest BCUT2D eigenvalue weighted by molar-refractivity contribution is 7.90. The molecule has 0 aliphatic rings. The molecule has 0 aliphatic heterocycles. The molecule has 0 fully saturated rings. The van der Waals surface area contributed by atoms with Gasteiger partial charge in [-0.1, -0.05) is 18.2 Å². The number of methoxy groups -OCH3 is 1. The Hall–Kier alpha value is -2.13. The molecule has 0 radical (unpaired) electrons. The van der Waals surface area contributed by atoms with Crippen LogP contribution in [0.15, 0.2) is 35.5 Å². The summed E-state index contributed by atoms with van der Waals surface area (Å²) in [5, 5.41) is -0.463. The third kappa shape index (κ3) is 3.80. The zero-order valence-corrected chi connectivity index (χ0v) is 12.9. The quantitative estimate of drug-likeness (QED) is 0.486. The molecule has 0 spiro atoms. The van der Waals surface area contributed by atoms with E-state index in [9.17, 15) is 22.5 Å². The first-order chi connectivity index (χ1) is 10.7. The van der Waals surface area contributed by atoms with Crippen molar-refractivity contribution in [1.29, 1.82) is 0 Å². The van der Waals surface area contributed by atoms with Gasteiger partial charge in [-0.05, 0) is 12.1 Å². The highest BCUT2D eigenvalue weighted by Crippen LogP contribution is 2.32. The Bertz CT molecular complexity index is 735. The van der Waals surface area contributed by atoms with Crippen molar-refractivity contribution in [2.45, 2.75) is 11.3 Å². The van der Waals surface area contributed by atoms with Gasteiger partial charge >= 0.3 is 17.3 Å². The van der Waals surface area contributed by atoms with Gasteiger partial charge in [-0.2, -0.15) is 23.1 Å². The molecule has 1 atom stereocenters. The number of alkyl halides is 3. The SMILES string of the molecule is COC(=O)c1ccccc1-c1cc(C(F)(F)F)nc([S+](C)[O-])n1. The molecule has 0 saturated carbocycles. The average molecular weight is 344 g/mol. The predicted octanol–water partition coefficient (Wildman–Crippen LogP) is 2.69. The van der Waals surface area contributed by atoms with E-state index in [4.69, 9.17) is 0 Å². The van der Waals surface area contributed by atoms with E-state index in [2.05, 4.69) is 14.7 Å². The maximum absolute atomic E-state index is 13.0. The summed E-state index contributed by atoms with van der Waals surface area (Å²) >= 11 is -1.82. The van der Waals surface area contributed by atoms with Crippen LogP contribution in [0.4, 0.5) is 13.2 Å². The number of nitrogens with zero attached hydrogens (tertiary/aromatic N) is 2. The average Bonchev–Trinajstić information content (AvgIpc) is 2.52. The fourth-order valence-electron chi connectivity index (χ4n) is 1.83. The summed E-state index contributed by atoms with van der Waals surface area (Å²) < 4.78 is 55.0. The van der Waals surface area contributed by atoms with Gasteiger partial charge in [0, 0.05) is 16.7 Å². The smallest absolute Gasteiger partial charge is 0.433 e. The molecule has 0 amide bonds. The third-order valence-electron chi connectivity index (χ3n) is 2.86. The van der Waals surface area contributed by atoms with Gasteiger partial charge in [-0.15, -0.1) is 0 Å². The minimum absolute atomic E-state index is 0.0506. The molecule has 0 saturated heterocycles. The van der Waals surface area contributed by atoms with Crippen LogP contribution in [-0.4, -0.2) is 33.9 Å². The molecule has 0 bridgehead atoms. The van der Waals surface area contributed by atoms with Crippen LogP contribution in [0, 0.1) is 0 Å². The Morgan fingerprint density at radius 3 is 2.48 bits per heavy atom. The van der Waals surface area contributed by atoms with Gasteiger partial charge in [0.15, 0.2) is 5.69 Å². The van der Waals surface area contributed by atoms with Crippen molar-refractivity contribution in [2.75, 3.05) is 13.4 Å². The maximum atomic E-state index is 13.0. The second-order valence-corrected chi connectivity index (χ2v) is 5.68. The molecule has 23 heavy (non-hydrogen) atoms. The maximum Gasteiger partial charge on any atom is 0.433 e. The first-order valence-corrected chi connectivity index (χ1v) is 7.77. The van der Waals surface area contributed by atoms with E-state index >= 15 is 0 Å². The van der Waals surface area contributed by atoms with Crippen LogP contribution in [0.25, 0.3) is 11.3 Å². The second-order valence-electron chi connectivity index (χ2n) is 4.41. The Morgan fingerprint density at radius 1 is 1.26 bits per heavy atom. The summed E-state index contributed by atoms with van der Waals surface area (Å²) in [7, 11) is 1.16. The lowest BCUT2D eigenvalue weighted by Gasteiger charge is -2.12. The molecule has 5 nitrogen and oxygen atoms in total. The fourth-order valence-corrected chi connectivity index (χ4v) is 2.29. The lowest BCUT2D eigenvalue weighted by Crippen LogP contribution is -2.14. The van der Waals surface area contributed by atoms with E-state index in [0.717, 1.165) is 7.11 Å². The van der Waals surface area contributed by atoms with Crippen LogP contribution >= 0.6 is 0 Å². The Balaban J connectivity index is 2.69. The van der Waals surface area contributed by atoms with E-state index in [0.29, 0.717) is 6.07 Å². The highest BCUT2D eigenvalue weighted by Gasteiger charge is 2.35. The van der Waals surface area contributed by atoms with Gasteiger partial charge < -0.3 is 9.29 Å². The van der Waals surface area contributed by atoms with Crippen molar-refractivity contribution in [3.05, 3.63) is 41.6 Å². The molecule has 0 aliphatic carbocycles. The fraction of sp³-hybridized carbons (Fsp3) is 0.214. The number of hydrogen-bond acceptors (Lipinski definition) is 5. The summed E-state index contributed by atoms with van der Waals surface area (Å²) in [6, 6.07) is 6.62. The summed E-state index contributed by atoms with van der Waals surface area (Å²) in [6.07, 6.45) is -3.56. The van der Waals surface area contributed by atoms with Crippen LogP contribution < -0.4 is 0 Å². The van der Waals surface area contributed by atoms with Gasteiger partial charge in [0.25, 0.3) is 0 Å². The molecular weight excluding hydrogens is 333 g/mol. The summed E-state index contributed by atoms with van der Waals surface area (Å²) in [4.78, 5) is 18.9. The van der Waals surface area contributed by atoms with Crippen LogP contribution in [0.2, 0.25) is 0 Å². The molecule has 1 aromatic heterocycles. The number of rotatable bonds is 3. The number of carbonyl (C=O) groups excluding carboxylic acids is 1. The Morgan fingerprint density at radius 2 is 1.91 bits per heavy atom. The monoisotopic (exact) mass is 344 g/mol. The van der Waals surface area contributed by atoms with Gasteiger partial charge in [0.1, 0.15) is 6.26 Å². The second kappa shape index (κ2) is 6.55. The molecular formula is C14H11F3N2O3S. The summed E-state index contributed by atoms with van der Waals surface area (Å²) in [5.74, 6) is -0.716. The predicted molar refractivity (Wildman–Crippen MR) is 76.1 cm³/mol.